The molecule has 0 atom stereocenters. The van der Waals surface area contributed by atoms with Gasteiger partial charge in [-0.05, 0) is 23.3 Å². The van der Waals surface area contributed by atoms with Crippen LogP contribution in [0.15, 0.2) is 60.9 Å². The number of amides is 2. The van der Waals surface area contributed by atoms with Gasteiger partial charge in [-0.25, -0.2) is 14.4 Å². The Morgan fingerprint density at radius 3 is 2.55 bits per heavy atom. The predicted octanol–water partition coefficient (Wildman–Crippen LogP) is 2.45. The number of aromatic nitrogens is 2. The summed E-state index contributed by atoms with van der Waals surface area (Å²) in [6, 6.07) is 15.7. The van der Waals surface area contributed by atoms with E-state index in [-0.39, 0.29) is 30.6 Å². The SMILES string of the molecule is O=C(Cc1ccccc1)NCC(=O)N1CCc2ncnc(Cc3ccc(F)cc3)c2C1. The van der Waals surface area contributed by atoms with Gasteiger partial charge in [0.1, 0.15) is 12.1 Å². The first-order valence-corrected chi connectivity index (χ1v) is 10.2. The molecule has 0 fully saturated rings. The van der Waals surface area contributed by atoms with Crippen LogP contribution in [0.2, 0.25) is 0 Å². The maximum Gasteiger partial charge on any atom is 0.242 e. The molecule has 158 valence electrons. The van der Waals surface area contributed by atoms with E-state index in [1.54, 1.807) is 23.4 Å². The topological polar surface area (TPSA) is 75.2 Å². The Hall–Kier alpha value is -3.61. The molecule has 1 aliphatic rings. The molecule has 6 nitrogen and oxygen atoms in total. The van der Waals surface area contributed by atoms with Crippen LogP contribution in [0.3, 0.4) is 0 Å². The second-order valence-electron chi connectivity index (χ2n) is 7.55. The molecule has 0 aliphatic carbocycles. The molecule has 1 aromatic heterocycles. The van der Waals surface area contributed by atoms with Gasteiger partial charge in [0.15, 0.2) is 0 Å². The number of hydrogen-bond acceptors (Lipinski definition) is 4. The Bertz CT molecular complexity index is 1070. The normalized spacial score (nSPS) is 12.9. The number of carbonyl (C=O) groups excluding carboxylic acids is 2. The summed E-state index contributed by atoms with van der Waals surface area (Å²) < 4.78 is 13.2. The smallest absolute Gasteiger partial charge is 0.242 e. The number of fused-ring (bicyclic) bond motifs is 1. The Kier molecular flexibility index (Phi) is 6.31. The Labute approximate surface area is 180 Å². The van der Waals surface area contributed by atoms with Crippen molar-refractivity contribution >= 4 is 11.8 Å². The zero-order valence-corrected chi connectivity index (χ0v) is 17.1. The average Bonchev–Trinajstić information content (AvgIpc) is 2.79. The Balaban J connectivity index is 1.38. The Morgan fingerprint density at radius 1 is 1.00 bits per heavy atom. The molecule has 31 heavy (non-hydrogen) atoms. The minimum absolute atomic E-state index is 0.0397. The van der Waals surface area contributed by atoms with Crippen molar-refractivity contribution in [3.63, 3.8) is 0 Å². The fraction of sp³-hybridized carbons (Fsp3) is 0.250. The largest absolute Gasteiger partial charge is 0.347 e. The third kappa shape index (κ3) is 5.31. The number of hydrogen-bond donors (Lipinski definition) is 1. The van der Waals surface area contributed by atoms with Crippen LogP contribution in [0.25, 0.3) is 0 Å². The highest BCUT2D eigenvalue weighted by Crippen LogP contribution is 2.22. The fourth-order valence-corrected chi connectivity index (χ4v) is 3.69. The number of benzene rings is 2. The maximum absolute atomic E-state index is 13.2. The number of rotatable bonds is 6. The third-order valence-corrected chi connectivity index (χ3v) is 5.37. The van der Waals surface area contributed by atoms with Crippen molar-refractivity contribution in [1.82, 2.24) is 20.2 Å². The van der Waals surface area contributed by atoms with E-state index < -0.39 is 0 Å². The van der Waals surface area contributed by atoms with Gasteiger partial charge < -0.3 is 10.2 Å². The first-order valence-electron chi connectivity index (χ1n) is 10.2. The molecule has 3 aromatic rings. The lowest BCUT2D eigenvalue weighted by Crippen LogP contribution is -2.43. The van der Waals surface area contributed by atoms with Gasteiger partial charge in [-0.3, -0.25) is 9.59 Å². The van der Waals surface area contributed by atoms with Crippen molar-refractivity contribution in [1.29, 1.82) is 0 Å². The summed E-state index contributed by atoms with van der Waals surface area (Å²) in [6.45, 7) is 0.912. The molecule has 0 radical (unpaired) electrons. The van der Waals surface area contributed by atoms with Gasteiger partial charge in [0, 0.05) is 31.5 Å². The molecule has 2 aromatic carbocycles. The minimum atomic E-state index is -0.278. The highest BCUT2D eigenvalue weighted by Gasteiger charge is 2.24. The number of halogens is 1. The van der Waals surface area contributed by atoms with E-state index in [0.29, 0.717) is 25.9 Å². The molecular formula is C24H23FN4O2. The van der Waals surface area contributed by atoms with E-state index in [1.165, 1.54) is 12.1 Å². The summed E-state index contributed by atoms with van der Waals surface area (Å²) in [4.78, 5) is 35.4. The lowest BCUT2D eigenvalue weighted by Gasteiger charge is -2.29. The van der Waals surface area contributed by atoms with E-state index in [1.807, 2.05) is 30.3 Å². The molecule has 1 N–H and O–H groups in total. The molecule has 0 saturated carbocycles. The summed E-state index contributed by atoms with van der Waals surface area (Å²) >= 11 is 0. The molecule has 0 bridgehead atoms. The van der Waals surface area contributed by atoms with Gasteiger partial charge in [0.2, 0.25) is 11.8 Å². The van der Waals surface area contributed by atoms with Crippen molar-refractivity contribution in [2.45, 2.75) is 25.8 Å². The molecule has 4 rings (SSSR count). The summed E-state index contributed by atoms with van der Waals surface area (Å²) in [5.41, 5.74) is 4.55. The van der Waals surface area contributed by atoms with Gasteiger partial charge in [-0.2, -0.15) is 0 Å². The van der Waals surface area contributed by atoms with Crippen LogP contribution in [-0.4, -0.2) is 39.8 Å². The maximum atomic E-state index is 13.2. The van der Waals surface area contributed by atoms with Gasteiger partial charge in [0.25, 0.3) is 0 Å². The average molecular weight is 418 g/mol. The van der Waals surface area contributed by atoms with Crippen LogP contribution in [0.1, 0.15) is 28.1 Å². The van der Waals surface area contributed by atoms with E-state index in [9.17, 15) is 14.0 Å². The van der Waals surface area contributed by atoms with Crippen molar-refractivity contribution in [2.24, 2.45) is 0 Å². The van der Waals surface area contributed by atoms with Crippen LogP contribution in [-0.2, 0) is 35.4 Å². The molecule has 2 heterocycles. The first-order chi connectivity index (χ1) is 15.1. The van der Waals surface area contributed by atoms with E-state index in [2.05, 4.69) is 15.3 Å². The number of nitrogens with zero attached hydrogens (tertiary/aromatic N) is 3. The lowest BCUT2D eigenvalue weighted by atomic mass is 9.99. The van der Waals surface area contributed by atoms with Gasteiger partial charge in [-0.15, -0.1) is 0 Å². The van der Waals surface area contributed by atoms with Crippen LogP contribution in [0, 0.1) is 5.82 Å². The van der Waals surface area contributed by atoms with Gasteiger partial charge in [0.05, 0.1) is 24.4 Å². The summed E-state index contributed by atoms with van der Waals surface area (Å²) in [6.07, 6.45) is 2.96. The van der Waals surface area contributed by atoms with Crippen LogP contribution < -0.4 is 5.32 Å². The van der Waals surface area contributed by atoms with E-state index in [4.69, 9.17) is 0 Å². The molecule has 0 unspecified atom stereocenters. The van der Waals surface area contributed by atoms with Crippen LogP contribution >= 0.6 is 0 Å². The van der Waals surface area contributed by atoms with Crippen LogP contribution in [0.4, 0.5) is 4.39 Å². The quantitative estimate of drug-likeness (QED) is 0.667. The van der Waals surface area contributed by atoms with E-state index in [0.717, 1.165) is 28.1 Å². The zero-order valence-electron chi connectivity index (χ0n) is 17.1. The monoisotopic (exact) mass is 418 g/mol. The first kappa shape index (κ1) is 20.7. The number of nitrogens with one attached hydrogen (secondary N) is 1. The van der Waals surface area contributed by atoms with Crippen LogP contribution in [0.5, 0.6) is 0 Å². The second-order valence-corrected chi connectivity index (χ2v) is 7.55. The number of carbonyl (C=O) groups is 2. The summed E-state index contributed by atoms with van der Waals surface area (Å²) in [5, 5.41) is 2.72. The third-order valence-electron chi connectivity index (χ3n) is 5.37. The molecule has 2 amide bonds. The standard InChI is InChI=1S/C24H23FN4O2/c25-19-8-6-18(7-9-19)12-22-20-15-29(11-10-21(20)27-16-28-22)24(31)14-26-23(30)13-17-4-2-1-3-5-17/h1-9,16H,10-15H2,(H,26,30). The van der Waals surface area contributed by atoms with Gasteiger partial charge in [-0.1, -0.05) is 42.5 Å². The molecule has 1 aliphatic heterocycles. The van der Waals surface area contributed by atoms with Crippen molar-refractivity contribution < 1.29 is 14.0 Å². The van der Waals surface area contributed by atoms with E-state index >= 15 is 0 Å². The molecule has 7 heteroatoms. The van der Waals surface area contributed by atoms with Gasteiger partial charge >= 0.3 is 0 Å². The Morgan fingerprint density at radius 2 is 1.77 bits per heavy atom. The van der Waals surface area contributed by atoms with Crippen molar-refractivity contribution in [3.8, 4) is 0 Å². The predicted molar refractivity (Wildman–Crippen MR) is 114 cm³/mol. The zero-order chi connectivity index (χ0) is 21.6. The summed E-state index contributed by atoms with van der Waals surface area (Å²) in [5.74, 6) is -0.597. The highest BCUT2D eigenvalue weighted by molar-refractivity contribution is 5.85. The minimum Gasteiger partial charge on any atom is -0.347 e. The molecule has 0 saturated heterocycles. The molecule has 0 spiro atoms. The molecular weight excluding hydrogens is 395 g/mol. The fourth-order valence-electron chi connectivity index (χ4n) is 3.69. The second kappa shape index (κ2) is 9.47. The van der Waals surface area contributed by atoms with Crippen molar-refractivity contribution in [3.05, 3.63) is 94.8 Å². The summed E-state index contributed by atoms with van der Waals surface area (Å²) in [7, 11) is 0. The van der Waals surface area contributed by atoms with Crippen molar-refractivity contribution in [2.75, 3.05) is 13.1 Å². The lowest BCUT2D eigenvalue weighted by molar-refractivity contribution is -0.133. The highest BCUT2D eigenvalue weighted by atomic mass is 19.1.